The zero-order chi connectivity index (χ0) is 25.1. The zero-order valence-electron chi connectivity index (χ0n) is 20.8. The van der Waals surface area contributed by atoms with Gasteiger partial charge in [-0.25, -0.2) is 4.98 Å². The fourth-order valence-corrected chi connectivity index (χ4v) is 9.70. The van der Waals surface area contributed by atoms with Gasteiger partial charge in [0.15, 0.2) is 0 Å². The van der Waals surface area contributed by atoms with E-state index in [0.717, 1.165) is 57.1 Å². The zero-order valence-corrected chi connectivity index (χ0v) is 22.4. The topological polar surface area (TPSA) is 91.4 Å². The first-order valence-corrected chi connectivity index (χ1v) is 15.4. The van der Waals surface area contributed by atoms with E-state index in [4.69, 9.17) is 4.98 Å². The Hall–Kier alpha value is -2.23. The molecule has 3 heterocycles. The smallest absolute Gasteiger partial charge is 0.255 e. The molecular formula is C28H32N4O3S2. The van der Waals surface area contributed by atoms with Crippen LogP contribution in [0.15, 0.2) is 28.5 Å². The lowest BCUT2D eigenvalue weighted by atomic mass is 9.54. The maximum atomic E-state index is 13.1. The molecule has 6 aliphatic rings. The number of nitrogens with one attached hydrogen (secondary N) is 2. The van der Waals surface area contributed by atoms with Gasteiger partial charge in [0.2, 0.25) is 11.8 Å². The van der Waals surface area contributed by atoms with Gasteiger partial charge in [-0.2, -0.15) is 0 Å². The third-order valence-corrected chi connectivity index (χ3v) is 11.4. The highest BCUT2D eigenvalue weighted by molar-refractivity contribution is 7.98. The van der Waals surface area contributed by atoms with Crippen molar-refractivity contribution in [1.29, 1.82) is 0 Å². The maximum Gasteiger partial charge on any atom is 0.255 e. The summed E-state index contributed by atoms with van der Waals surface area (Å²) in [5.74, 6) is 3.72. The highest BCUT2D eigenvalue weighted by Crippen LogP contribution is 2.53. The van der Waals surface area contributed by atoms with Crippen LogP contribution in [-0.4, -0.2) is 39.7 Å². The van der Waals surface area contributed by atoms with Gasteiger partial charge >= 0.3 is 0 Å². The molecule has 1 aromatic carbocycles. The summed E-state index contributed by atoms with van der Waals surface area (Å²) in [6, 6.07) is 5.89. The molecule has 2 aromatic rings. The van der Waals surface area contributed by atoms with Crippen LogP contribution in [0.1, 0.15) is 71.6 Å². The van der Waals surface area contributed by atoms with Crippen molar-refractivity contribution in [2.75, 3.05) is 0 Å². The van der Waals surface area contributed by atoms with Gasteiger partial charge < -0.3 is 10.2 Å². The number of hydrogen-bond acceptors (Lipinski definition) is 7. The van der Waals surface area contributed by atoms with Crippen molar-refractivity contribution in [3.63, 3.8) is 0 Å². The van der Waals surface area contributed by atoms with E-state index in [-0.39, 0.29) is 24.1 Å². The van der Waals surface area contributed by atoms with E-state index in [9.17, 15) is 14.4 Å². The third kappa shape index (κ3) is 4.42. The van der Waals surface area contributed by atoms with Crippen molar-refractivity contribution in [1.82, 2.24) is 20.5 Å². The van der Waals surface area contributed by atoms with Crippen molar-refractivity contribution in [2.45, 2.75) is 80.8 Å². The average molecular weight is 537 g/mol. The Balaban J connectivity index is 0.973. The van der Waals surface area contributed by atoms with E-state index in [1.165, 1.54) is 32.1 Å². The molecule has 5 fully saturated rings. The molecule has 8 rings (SSSR count). The summed E-state index contributed by atoms with van der Waals surface area (Å²) in [5.41, 5.74) is 2.77. The van der Waals surface area contributed by atoms with E-state index >= 15 is 0 Å². The van der Waals surface area contributed by atoms with Gasteiger partial charge in [-0.15, -0.1) is 23.1 Å². The van der Waals surface area contributed by atoms with Crippen LogP contribution in [0.5, 0.6) is 0 Å². The first kappa shape index (κ1) is 23.9. The lowest BCUT2D eigenvalue weighted by Crippen LogP contribution is -2.54. The van der Waals surface area contributed by atoms with Gasteiger partial charge in [0.25, 0.3) is 5.91 Å². The molecule has 9 heteroatoms. The van der Waals surface area contributed by atoms with E-state index in [1.807, 2.05) is 18.2 Å². The summed E-state index contributed by atoms with van der Waals surface area (Å²) < 4.78 is 0. The Kier molecular flexibility index (Phi) is 6.13. The third-order valence-electron chi connectivity index (χ3n) is 9.24. The molecule has 37 heavy (non-hydrogen) atoms. The molecule has 1 unspecified atom stereocenters. The number of thiazole rings is 1. The Labute approximate surface area is 225 Å². The lowest BCUT2D eigenvalue weighted by molar-refractivity contribution is -0.136. The van der Waals surface area contributed by atoms with E-state index < -0.39 is 6.04 Å². The first-order chi connectivity index (χ1) is 18.0. The van der Waals surface area contributed by atoms with E-state index in [1.54, 1.807) is 28.0 Å². The van der Waals surface area contributed by atoms with Crippen LogP contribution in [0.25, 0.3) is 0 Å². The number of hydrogen-bond donors (Lipinski definition) is 2. The SMILES string of the molecule is O=C1CCC(N2Cc3c(SCc4nc(CNC5C6CC7CC(C6)CC5C7)cs4)cccc3C2=O)C(=O)N1. The molecule has 3 amide bonds. The lowest BCUT2D eigenvalue weighted by Gasteiger charge is -2.54. The second-order valence-corrected chi connectivity index (χ2v) is 13.5. The van der Waals surface area contributed by atoms with Gasteiger partial charge in [0, 0.05) is 41.4 Å². The molecular weight excluding hydrogens is 504 g/mol. The predicted octanol–water partition coefficient (Wildman–Crippen LogP) is 4.11. The molecule has 4 aliphatic carbocycles. The molecule has 7 nitrogen and oxygen atoms in total. The summed E-state index contributed by atoms with van der Waals surface area (Å²) in [4.78, 5) is 44.6. The van der Waals surface area contributed by atoms with Crippen LogP contribution in [0.4, 0.5) is 0 Å². The van der Waals surface area contributed by atoms with Crippen LogP contribution in [0.3, 0.4) is 0 Å². The van der Waals surface area contributed by atoms with Gasteiger partial charge in [-0.05, 0) is 79.9 Å². The predicted molar refractivity (Wildman–Crippen MR) is 142 cm³/mol. The van der Waals surface area contributed by atoms with Gasteiger partial charge in [-0.3, -0.25) is 19.7 Å². The average Bonchev–Trinajstić information content (AvgIpc) is 3.46. The molecule has 194 valence electrons. The summed E-state index contributed by atoms with van der Waals surface area (Å²) in [6.07, 6.45) is 7.83. The fraction of sp³-hybridized carbons (Fsp3) is 0.571. The van der Waals surface area contributed by atoms with Gasteiger partial charge in [0.1, 0.15) is 11.0 Å². The quantitative estimate of drug-likeness (QED) is 0.409. The normalized spacial score (nSPS) is 32.2. The molecule has 0 radical (unpaired) electrons. The number of amides is 3. The summed E-state index contributed by atoms with van der Waals surface area (Å²) in [7, 11) is 0. The molecule has 1 aromatic heterocycles. The Morgan fingerprint density at radius 1 is 1.08 bits per heavy atom. The van der Waals surface area contributed by atoms with Crippen molar-refractivity contribution in [3.8, 4) is 0 Å². The minimum atomic E-state index is -0.584. The van der Waals surface area contributed by atoms with Crippen LogP contribution in [-0.2, 0) is 28.4 Å². The Morgan fingerprint density at radius 2 is 1.86 bits per heavy atom. The van der Waals surface area contributed by atoms with Gasteiger partial charge in [-0.1, -0.05) is 6.07 Å². The van der Waals surface area contributed by atoms with E-state index in [0.29, 0.717) is 24.6 Å². The number of thioether (sulfide) groups is 1. The number of nitrogens with zero attached hydrogens (tertiary/aromatic N) is 2. The highest BCUT2D eigenvalue weighted by Gasteiger charge is 2.48. The number of aromatic nitrogens is 1. The van der Waals surface area contributed by atoms with E-state index in [2.05, 4.69) is 16.0 Å². The first-order valence-electron chi connectivity index (χ1n) is 13.6. The van der Waals surface area contributed by atoms with Crippen LogP contribution < -0.4 is 10.6 Å². The summed E-state index contributed by atoms with van der Waals surface area (Å²) in [6.45, 7) is 1.26. The molecule has 4 bridgehead atoms. The monoisotopic (exact) mass is 536 g/mol. The molecule has 1 atom stereocenters. The van der Waals surface area contributed by atoms with Crippen molar-refractivity contribution < 1.29 is 14.4 Å². The maximum absolute atomic E-state index is 13.1. The molecule has 2 aliphatic heterocycles. The number of carbonyl (C=O) groups is 3. The minimum absolute atomic E-state index is 0.126. The van der Waals surface area contributed by atoms with Crippen LogP contribution in [0.2, 0.25) is 0 Å². The number of imide groups is 1. The van der Waals surface area contributed by atoms with Gasteiger partial charge in [0.05, 0.1) is 11.4 Å². The number of rotatable bonds is 7. The summed E-state index contributed by atoms with van der Waals surface area (Å²) >= 11 is 3.41. The molecule has 0 spiro atoms. The molecule has 1 saturated heterocycles. The summed E-state index contributed by atoms with van der Waals surface area (Å²) in [5, 5.41) is 9.54. The highest BCUT2D eigenvalue weighted by atomic mass is 32.2. The Morgan fingerprint density at radius 3 is 2.62 bits per heavy atom. The van der Waals surface area contributed by atoms with Crippen molar-refractivity contribution in [3.05, 3.63) is 45.4 Å². The standard InChI is InChI=1S/C28H32N4O3S2/c33-24-5-4-22(27(34)31-24)32-12-21-20(28(32)35)2-1-3-23(21)36-14-25-30-19(13-37-25)11-29-26-17-7-15-6-16(9-17)10-18(26)8-15/h1-3,13,15-18,22,26,29H,4-12,14H2,(H,31,33,34). The molecule has 4 saturated carbocycles. The largest absolute Gasteiger partial charge is 0.322 e. The van der Waals surface area contributed by atoms with Crippen molar-refractivity contribution >= 4 is 40.8 Å². The number of fused-ring (bicyclic) bond motifs is 1. The fourth-order valence-electron chi connectivity index (χ4n) is 7.81. The second kappa shape index (κ2) is 9.50. The minimum Gasteiger partial charge on any atom is -0.322 e. The number of piperidine rings is 1. The Bertz CT molecular complexity index is 1230. The number of carbonyl (C=O) groups excluding carboxylic acids is 3. The second-order valence-electron chi connectivity index (χ2n) is 11.5. The van der Waals surface area contributed by atoms with Crippen LogP contribution >= 0.6 is 23.1 Å². The molecule has 2 N–H and O–H groups in total. The van der Waals surface area contributed by atoms with Crippen molar-refractivity contribution in [2.24, 2.45) is 23.7 Å². The number of benzene rings is 1. The van der Waals surface area contributed by atoms with Crippen LogP contribution in [0, 0.1) is 23.7 Å².